The van der Waals surface area contributed by atoms with Gasteiger partial charge in [-0.15, -0.1) is 0 Å². The summed E-state index contributed by atoms with van der Waals surface area (Å²) in [6.45, 7) is -0.0940. The van der Waals surface area contributed by atoms with Gasteiger partial charge in [-0.05, 0) is 12.1 Å². The van der Waals surface area contributed by atoms with Crippen molar-refractivity contribution in [3.05, 3.63) is 23.7 Å². The van der Waals surface area contributed by atoms with Crippen LogP contribution in [0.2, 0.25) is 0 Å². The van der Waals surface area contributed by atoms with E-state index in [0.717, 1.165) is 4.90 Å². The number of carbonyl (C=O) groups is 3. The Kier molecular flexibility index (Phi) is 2.35. The first-order valence-electron chi connectivity index (χ1n) is 4.48. The van der Waals surface area contributed by atoms with Gasteiger partial charge in [0.2, 0.25) is 11.7 Å². The number of hydrogen-bond donors (Lipinski definition) is 2. The summed E-state index contributed by atoms with van der Waals surface area (Å²) in [5.41, 5.74) is 0. The molecule has 2 rings (SSSR count). The van der Waals surface area contributed by atoms with Crippen LogP contribution in [-0.4, -0.2) is 34.5 Å². The molecule has 0 unspecified atom stereocenters. The molecule has 7 heteroatoms. The molecule has 1 fully saturated rings. The molecule has 1 aromatic rings. The first kappa shape index (κ1) is 10.2. The van der Waals surface area contributed by atoms with Crippen molar-refractivity contribution in [2.45, 2.75) is 6.54 Å². The molecule has 1 aromatic heterocycles. The van der Waals surface area contributed by atoms with Gasteiger partial charge in [-0.2, -0.15) is 0 Å². The summed E-state index contributed by atoms with van der Waals surface area (Å²) in [6.07, 6.45) is 0. The number of imide groups is 1. The van der Waals surface area contributed by atoms with Crippen molar-refractivity contribution in [3.63, 3.8) is 0 Å². The molecule has 1 saturated heterocycles. The molecule has 0 aliphatic carbocycles. The number of aromatic carboxylic acids is 1. The Balaban J connectivity index is 2.11. The highest BCUT2D eigenvalue weighted by Gasteiger charge is 2.29. The molecule has 0 radical (unpaired) electrons. The number of hydrogen-bond acceptors (Lipinski definition) is 4. The quantitative estimate of drug-likeness (QED) is 0.705. The molecule has 1 aliphatic heterocycles. The van der Waals surface area contributed by atoms with Gasteiger partial charge in [-0.1, -0.05) is 0 Å². The monoisotopic (exact) mass is 224 g/mol. The molecule has 0 atom stereocenters. The third kappa shape index (κ3) is 1.74. The van der Waals surface area contributed by atoms with Gasteiger partial charge in [0, 0.05) is 0 Å². The lowest BCUT2D eigenvalue weighted by Gasteiger charge is -2.09. The lowest BCUT2D eigenvalue weighted by molar-refractivity contribution is -0.125. The maximum atomic E-state index is 11.2. The second kappa shape index (κ2) is 3.69. The minimum Gasteiger partial charge on any atom is -0.475 e. The van der Waals surface area contributed by atoms with Gasteiger partial charge in [-0.25, -0.2) is 9.59 Å². The van der Waals surface area contributed by atoms with E-state index in [0.29, 0.717) is 0 Å². The van der Waals surface area contributed by atoms with Crippen LogP contribution in [0.25, 0.3) is 0 Å². The fraction of sp³-hybridized carbons (Fsp3) is 0.222. The van der Waals surface area contributed by atoms with Crippen LogP contribution in [0, 0.1) is 0 Å². The van der Waals surface area contributed by atoms with E-state index in [2.05, 4.69) is 5.32 Å². The molecule has 3 amide bonds. The van der Waals surface area contributed by atoms with Crippen LogP contribution >= 0.6 is 0 Å². The third-order valence-electron chi connectivity index (χ3n) is 2.12. The van der Waals surface area contributed by atoms with Gasteiger partial charge < -0.3 is 14.8 Å². The molecule has 0 spiro atoms. The number of urea groups is 1. The highest BCUT2D eigenvalue weighted by molar-refractivity contribution is 6.01. The van der Waals surface area contributed by atoms with Crippen molar-refractivity contribution in [1.82, 2.24) is 10.2 Å². The molecule has 2 N–H and O–H groups in total. The van der Waals surface area contributed by atoms with E-state index in [1.165, 1.54) is 12.1 Å². The molecule has 0 aromatic carbocycles. The number of nitrogens with one attached hydrogen (secondary N) is 1. The molecular weight excluding hydrogens is 216 g/mol. The van der Waals surface area contributed by atoms with Crippen molar-refractivity contribution in [1.29, 1.82) is 0 Å². The van der Waals surface area contributed by atoms with Crippen LogP contribution in [0.3, 0.4) is 0 Å². The van der Waals surface area contributed by atoms with Crippen molar-refractivity contribution >= 4 is 17.9 Å². The van der Waals surface area contributed by atoms with Crippen LogP contribution in [0.4, 0.5) is 4.79 Å². The van der Waals surface area contributed by atoms with Crippen LogP contribution < -0.4 is 5.32 Å². The summed E-state index contributed by atoms with van der Waals surface area (Å²) in [6, 6.07) is 2.19. The lowest BCUT2D eigenvalue weighted by atomic mass is 10.4. The maximum Gasteiger partial charge on any atom is 0.371 e. The standard InChI is InChI=1S/C9H8N2O5/c12-7-3-10-9(15)11(7)4-5-1-2-6(16-5)8(13)14/h1-2H,3-4H2,(H,10,15)(H,13,14). The third-order valence-corrected chi connectivity index (χ3v) is 2.12. The SMILES string of the molecule is O=C(O)c1ccc(CN2C(=O)CNC2=O)o1. The van der Waals surface area contributed by atoms with Crippen molar-refractivity contribution < 1.29 is 23.9 Å². The van der Waals surface area contributed by atoms with Crippen LogP contribution in [0.1, 0.15) is 16.3 Å². The van der Waals surface area contributed by atoms with Gasteiger partial charge in [0.25, 0.3) is 0 Å². The van der Waals surface area contributed by atoms with Crippen molar-refractivity contribution in [2.75, 3.05) is 6.54 Å². The van der Waals surface area contributed by atoms with E-state index in [1.807, 2.05) is 0 Å². The van der Waals surface area contributed by atoms with Gasteiger partial charge in [0.1, 0.15) is 5.76 Å². The van der Waals surface area contributed by atoms with Crippen LogP contribution in [0.5, 0.6) is 0 Å². The molecule has 1 aliphatic rings. The lowest BCUT2D eigenvalue weighted by Crippen LogP contribution is -2.30. The largest absolute Gasteiger partial charge is 0.475 e. The highest BCUT2D eigenvalue weighted by atomic mass is 16.4. The molecule has 84 valence electrons. The summed E-state index contributed by atoms with van der Waals surface area (Å²) in [5.74, 6) is -1.52. The number of carboxylic acid groups (broad SMARTS) is 1. The van der Waals surface area contributed by atoms with E-state index in [4.69, 9.17) is 9.52 Å². The van der Waals surface area contributed by atoms with E-state index < -0.39 is 12.0 Å². The first-order valence-corrected chi connectivity index (χ1v) is 4.48. The summed E-state index contributed by atoms with van der Waals surface area (Å²) in [7, 11) is 0. The van der Waals surface area contributed by atoms with E-state index in [9.17, 15) is 14.4 Å². The predicted molar refractivity (Wildman–Crippen MR) is 49.6 cm³/mol. The zero-order valence-corrected chi connectivity index (χ0v) is 8.10. The minimum absolute atomic E-state index is 0.0364. The van der Waals surface area contributed by atoms with Crippen LogP contribution in [0.15, 0.2) is 16.5 Å². The maximum absolute atomic E-state index is 11.2. The fourth-order valence-electron chi connectivity index (χ4n) is 1.35. The predicted octanol–water partition coefficient (Wildman–Crippen LogP) is 0.0296. The van der Waals surface area contributed by atoms with Crippen LogP contribution in [-0.2, 0) is 11.3 Å². The number of carbonyl (C=O) groups excluding carboxylic acids is 2. The Labute approximate surface area is 89.6 Å². The van der Waals surface area contributed by atoms with E-state index in [-0.39, 0.29) is 30.5 Å². The number of nitrogens with zero attached hydrogens (tertiary/aromatic N) is 1. The zero-order chi connectivity index (χ0) is 11.7. The first-order chi connectivity index (χ1) is 7.58. The normalized spacial score (nSPS) is 15.4. The summed E-state index contributed by atoms with van der Waals surface area (Å²) in [4.78, 5) is 33.9. The highest BCUT2D eigenvalue weighted by Crippen LogP contribution is 2.12. The topological polar surface area (TPSA) is 99.9 Å². The fourth-order valence-corrected chi connectivity index (χ4v) is 1.35. The van der Waals surface area contributed by atoms with Crippen molar-refractivity contribution in [3.8, 4) is 0 Å². The number of rotatable bonds is 3. The average Bonchev–Trinajstić information content (AvgIpc) is 2.80. The summed E-state index contributed by atoms with van der Waals surface area (Å²) in [5, 5.41) is 11.0. The summed E-state index contributed by atoms with van der Waals surface area (Å²) >= 11 is 0. The second-order valence-corrected chi connectivity index (χ2v) is 3.21. The smallest absolute Gasteiger partial charge is 0.371 e. The van der Waals surface area contributed by atoms with Gasteiger partial charge in [0.05, 0.1) is 13.1 Å². The Morgan fingerprint density at radius 3 is 2.75 bits per heavy atom. The number of carboxylic acids is 1. The van der Waals surface area contributed by atoms with E-state index in [1.54, 1.807) is 0 Å². The molecular formula is C9H8N2O5. The second-order valence-electron chi connectivity index (χ2n) is 3.21. The Bertz CT molecular complexity index is 448. The molecule has 2 heterocycles. The number of amides is 3. The average molecular weight is 224 g/mol. The Morgan fingerprint density at radius 2 is 2.25 bits per heavy atom. The Morgan fingerprint density at radius 1 is 1.50 bits per heavy atom. The zero-order valence-electron chi connectivity index (χ0n) is 8.10. The van der Waals surface area contributed by atoms with Gasteiger partial charge in [-0.3, -0.25) is 9.69 Å². The number of furan rings is 1. The molecule has 7 nitrogen and oxygen atoms in total. The molecule has 16 heavy (non-hydrogen) atoms. The van der Waals surface area contributed by atoms with Gasteiger partial charge in [0.15, 0.2) is 0 Å². The minimum atomic E-state index is -1.19. The Hall–Kier alpha value is -2.31. The van der Waals surface area contributed by atoms with E-state index >= 15 is 0 Å². The van der Waals surface area contributed by atoms with Crippen molar-refractivity contribution in [2.24, 2.45) is 0 Å². The summed E-state index contributed by atoms with van der Waals surface area (Å²) < 4.78 is 4.93. The molecule has 0 bridgehead atoms. The molecule has 0 saturated carbocycles. The van der Waals surface area contributed by atoms with Gasteiger partial charge >= 0.3 is 12.0 Å².